The molecule has 2 rings (SSSR count). The van der Waals surface area contributed by atoms with Crippen LogP contribution in [0, 0.1) is 10.1 Å². The summed E-state index contributed by atoms with van der Waals surface area (Å²) in [5, 5.41) is 13.6. The molecule has 124 valence electrons. The molecule has 2 aromatic carbocycles. The Morgan fingerprint density at radius 2 is 2.08 bits per heavy atom. The van der Waals surface area contributed by atoms with Crippen molar-refractivity contribution in [3.63, 3.8) is 0 Å². The molecule has 2 aromatic rings. The van der Waals surface area contributed by atoms with Gasteiger partial charge in [0.2, 0.25) is 5.91 Å². The van der Waals surface area contributed by atoms with Crippen molar-refractivity contribution in [1.82, 2.24) is 0 Å². The first-order valence-electron chi connectivity index (χ1n) is 7.16. The Balaban J connectivity index is 2.11. The number of carbonyl (C=O) groups excluding carboxylic acids is 1. The zero-order valence-corrected chi connectivity index (χ0v) is 13.6. The third-order valence-corrected chi connectivity index (χ3v) is 3.36. The molecule has 0 fully saturated rings. The molecule has 0 aliphatic rings. The van der Waals surface area contributed by atoms with Crippen molar-refractivity contribution in [2.45, 2.75) is 6.92 Å². The van der Waals surface area contributed by atoms with Gasteiger partial charge in [-0.2, -0.15) is 0 Å². The molecule has 0 spiro atoms. The van der Waals surface area contributed by atoms with Gasteiger partial charge in [0.15, 0.2) is 0 Å². The van der Waals surface area contributed by atoms with E-state index in [-0.39, 0.29) is 16.6 Å². The molecule has 0 saturated heterocycles. The molecule has 0 atom stereocenters. The lowest BCUT2D eigenvalue weighted by molar-refractivity contribution is -0.384. The number of rotatable bonds is 6. The smallest absolute Gasteiger partial charge is 0.288 e. The van der Waals surface area contributed by atoms with Crippen molar-refractivity contribution in [3.05, 3.63) is 69.2 Å². The number of carbonyl (C=O) groups is 1. The fraction of sp³-hybridized carbons (Fsp3) is 0.118. The highest BCUT2D eigenvalue weighted by Gasteiger charge is 2.12. The molecular formula is C17H15ClN2O4. The maximum Gasteiger partial charge on any atom is 0.288 e. The third-order valence-electron chi connectivity index (χ3n) is 3.04. The second-order valence-electron chi connectivity index (χ2n) is 4.72. The van der Waals surface area contributed by atoms with E-state index in [1.165, 1.54) is 24.3 Å². The van der Waals surface area contributed by atoms with Crippen LogP contribution in [-0.2, 0) is 4.79 Å². The van der Waals surface area contributed by atoms with Crippen molar-refractivity contribution in [3.8, 4) is 5.75 Å². The van der Waals surface area contributed by atoms with E-state index in [9.17, 15) is 14.9 Å². The van der Waals surface area contributed by atoms with Crippen LogP contribution in [0.5, 0.6) is 5.75 Å². The summed E-state index contributed by atoms with van der Waals surface area (Å²) in [4.78, 5) is 22.3. The molecule has 0 aliphatic heterocycles. The number of ether oxygens (including phenoxy) is 1. The van der Waals surface area contributed by atoms with Crippen molar-refractivity contribution < 1.29 is 14.5 Å². The molecule has 0 aliphatic carbocycles. The maximum atomic E-state index is 12.0. The first-order valence-corrected chi connectivity index (χ1v) is 7.54. The summed E-state index contributed by atoms with van der Waals surface area (Å²) in [6.45, 7) is 2.34. The van der Waals surface area contributed by atoms with Crippen LogP contribution in [0.15, 0.2) is 48.5 Å². The predicted octanol–water partition coefficient (Wildman–Crippen LogP) is 4.30. The van der Waals surface area contributed by atoms with Crippen LogP contribution in [0.25, 0.3) is 6.08 Å². The number of benzene rings is 2. The summed E-state index contributed by atoms with van der Waals surface area (Å²) < 4.78 is 5.43. The number of nitrogens with one attached hydrogen (secondary N) is 1. The van der Waals surface area contributed by atoms with Crippen LogP contribution in [-0.4, -0.2) is 17.4 Å². The van der Waals surface area contributed by atoms with Crippen molar-refractivity contribution in [1.29, 1.82) is 0 Å². The number of hydrogen-bond donors (Lipinski definition) is 1. The van der Waals surface area contributed by atoms with Crippen LogP contribution in [0.4, 0.5) is 11.4 Å². The zero-order valence-electron chi connectivity index (χ0n) is 12.9. The normalized spacial score (nSPS) is 10.6. The second kappa shape index (κ2) is 8.12. The van der Waals surface area contributed by atoms with Gasteiger partial charge in [0, 0.05) is 12.1 Å². The van der Waals surface area contributed by atoms with Gasteiger partial charge < -0.3 is 10.1 Å². The summed E-state index contributed by atoms with van der Waals surface area (Å²) in [5.41, 5.74) is 0.844. The summed E-state index contributed by atoms with van der Waals surface area (Å²) >= 11 is 5.75. The predicted molar refractivity (Wildman–Crippen MR) is 93.4 cm³/mol. The zero-order chi connectivity index (χ0) is 17.5. The number of nitro groups is 1. The number of para-hydroxylation sites is 2. The maximum absolute atomic E-state index is 12.0. The minimum Gasteiger partial charge on any atom is -0.492 e. The molecule has 1 amide bonds. The minimum atomic E-state index is -0.571. The van der Waals surface area contributed by atoms with Gasteiger partial charge in [-0.05, 0) is 36.8 Å². The van der Waals surface area contributed by atoms with E-state index in [0.717, 1.165) is 0 Å². The topological polar surface area (TPSA) is 81.5 Å². The van der Waals surface area contributed by atoms with Crippen molar-refractivity contribution >= 4 is 35.0 Å². The van der Waals surface area contributed by atoms with Gasteiger partial charge in [-0.25, -0.2) is 0 Å². The molecule has 1 N–H and O–H groups in total. The van der Waals surface area contributed by atoms with E-state index in [1.807, 2.05) is 13.0 Å². The molecule has 6 nitrogen and oxygen atoms in total. The summed E-state index contributed by atoms with van der Waals surface area (Å²) in [6, 6.07) is 11.4. The number of nitrogens with zero attached hydrogens (tertiary/aromatic N) is 1. The SMILES string of the molecule is CCOc1ccccc1NC(=O)C=Cc1ccc(Cl)c([N+](=O)[O-])c1. The number of hydrogen-bond acceptors (Lipinski definition) is 4. The Labute approximate surface area is 143 Å². The Morgan fingerprint density at radius 3 is 2.79 bits per heavy atom. The van der Waals surface area contributed by atoms with Gasteiger partial charge >= 0.3 is 0 Å². The Bertz CT molecular complexity index is 790. The fourth-order valence-corrected chi connectivity index (χ4v) is 2.16. The molecule has 0 unspecified atom stereocenters. The molecule has 0 bridgehead atoms. The average molecular weight is 347 g/mol. The minimum absolute atomic E-state index is 0.0484. The van der Waals surface area contributed by atoms with E-state index in [1.54, 1.807) is 24.3 Å². The van der Waals surface area contributed by atoms with Crippen molar-refractivity contribution in [2.75, 3.05) is 11.9 Å². The van der Waals surface area contributed by atoms with Gasteiger partial charge in [-0.15, -0.1) is 0 Å². The van der Waals surface area contributed by atoms with Crippen molar-refractivity contribution in [2.24, 2.45) is 0 Å². The van der Waals surface area contributed by atoms with Crippen LogP contribution in [0.2, 0.25) is 5.02 Å². The average Bonchev–Trinajstić information content (AvgIpc) is 2.56. The highest BCUT2D eigenvalue weighted by molar-refractivity contribution is 6.32. The summed E-state index contributed by atoms with van der Waals surface area (Å²) in [5.74, 6) is 0.198. The van der Waals surface area contributed by atoms with E-state index < -0.39 is 4.92 Å². The van der Waals surface area contributed by atoms with Gasteiger partial charge in [0.25, 0.3) is 5.69 Å². The standard InChI is InChI=1S/C17H15ClN2O4/c1-2-24-16-6-4-3-5-14(16)19-17(21)10-8-12-7-9-13(18)15(11-12)20(22)23/h3-11H,2H2,1H3,(H,19,21). The van der Waals surface area contributed by atoms with Crippen LogP contribution in [0.3, 0.4) is 0 Å². The molecule has 0 radical (unpaired) electrons. The van der Waals surface area contributed by atoms with Gasteiger partial charge in [0.05, 0.1) is 17.2 Å². The largest absolute Gasteiger partial charge is 0.492 e. The van der Waals surface area contributed by atoms with Gasteiger partial charge in [-0.1, -0.05) is 29.8 Å². The van der Waals surface area contributed by atoms with Gasteiger partial charge in [0.1, 0.15) is 10.8 Å². The fourth-order valence-electron chi connectivity index (χ4n) is 1.97. The lowest BCUT2D eigenvalue weighted by Gasteiger charge is -2.09. The second-order valence-corrected chi connectivity index (χ2v) is 5.13. The molecule has 0 heterocycles. The van der Waals surface area contributed by atoms with Crippen LogP contribution >= 0.6 is 11.6 Å². The number of anilines is 1. The molecule has 24 heavy (non-hydrogen) atoms. The first kappa shape index (κ1) is 17.5. The number of halogens is 1. The highest BCUT2D eigenvalue weighted by Crippen LogP contribution is 2.26. The molecule has 7 heteroatoms. The Morgan fingerprint density at radius 1 is 1.33 bits per heavy atom. The lowest BCUT2D eigenvalue weighted by atomic mass is 10.2. The Hall–Kier alpha value is -2.86. The van der Waals surface area contributed by atoms with Gasteiger partial charge in [-0.3, -0.25) is 14.9 Å². The highest BCUT2D eigenvalue weighted by atomic mass is 35.5. The molecule has 0 saturated carbocycles. The van der Waals surface area contributed by atoms with E-state index in [4.69, 9.17) is 16.3 Å². The monoisotopic (exact) mass is 346 g/mol. The lowest BCUT2D eigenvalue weighted by Crippen LogP contribution is -2.09. The first-order chi connectivity index (χ1) is 11.5. The summed E-state index contributed by atoms with van der Waals surface area (Å²) in [6.07, 6.45) is 2.76. The van der Waals surface area contributed by atoms with Crippen LogP contribution < -0.4 is 10.1 Å². The number of nitro benzene ring substituents is 1. The third kappa shape index (κ3) is 4.57. The molecular weight excluding hydrogens is 332 g/mol. The quantitative estimate of drug-likeness (QED) is 0.480. The summed E-state index contributed by atoms with van der Waals surface area (Å²) in [7, 11) is 0. The van der Waals surface area contributed by atoms with E-state index >= 15 is 0 Å². The number of amides is 1. The van der Waals surface area contributed by atoms with Crippen LogP contribution in [0.1, 0.15) is 12.5 Å². The molecule has 0 aromatic heterocycles. The Kier molecular flexibility index (Phi) is 5.92. The van der Waals surface area contributed by atoms with E-state index in [2.05, 4.69) is 5.32 Å². The van der Waals surface area contributed by atoms with E-state index in [0.29, 0.717) is 23.6 Å².